The molecule has 88 valence electrons. The molecule has 0 aliphatic rings. The smallest absolute Gasteiger partial charge is 0.287 e. The first-order valence-corrected chi connectivity index (χ1v) is 5.05. The fraction of sp³-hybridized carbons (Fsp3) is 0.455. The highest BCUT2D eigenvalue weighted by molar-refractivity contribution is 5.91. The molecule has 0 aliphatic carbocycles. The predicted molar refractivity (Wildman–Crippen MR) is 58.7 cm³/mol. The maximum atomic E-state index is 11.6. The average Bonchev–Trinajstić information content (AvgIpc) is 2.67. The molecule has 1 aromatic rings. The first kappa shape index (κ1) is 12.3. The Kier molecular flexibility index (Phi) is 3.71. The summed E-state index contributed by atoms with van der Waals surface area (Å²) >= 11 is 0. The zero-order valence-corrected chi connectivity index (χ0v) is 9.45. The van der Waals surface area contributed by atoms with Crippen LogP contribution in [0.3, 0.4) is 0 Å². The zero-order chi connectivity index (χ0) is 12.2. The number of carbonyl (C=O) groups is 2. The first-order chi connectivity index (χ1) is 7.41. The Morgan fingerprint density at radius 3 is 2.69 bits per heavy atom. The van der Waals surface area contributed by atoms with Gasteiger partial charge in [-0.15, -0.1) is 0 Å². The predicted octanol–water partition coefficient (Wildman–Crippen LogP) is 1.05. The van der Waals surface area contributed by atoms with Gasteiger partial charge in [0, 0.05) is 12.0 Å². The van der Waals surface area contributed by atoms with Crippen LogP contribution >= 0.6 is 0 Å². The number of carbonyl (C=O) groups excluding carboxylic acids is 2. The molecule has 0 atom stereocenters. The Morgan fingerprint density at radius 2 is 2.19 bits per heavy atom. The minimum absolute atomic E-state index is 0.242. The van der Waals surface area contributed by atoms with Crippen molar-refractivity contribution in [3.8, 4) is 0 Å². The van der Waals surface area contributed by atoms with E-state index in [4.69, 9.17) is 10.2 Å². The van der Waals surface area contributed by atoms with E-state index in [-0.39, 0.29) is 24.0 Å². The third-order valence-electron chi connectivity index (χ3n) is 2.19. The summed E-state index contributed by atoms with van der Waals surface area (Å²) in [6, 6.07) is 3.23. The van der Waals surface area contributed by atoms with Crippen LogP contribution in [0.1, 0.15) is 37.2 Å². The van der Waals surface area contributed by atoms with Crippen molar-refractivity contribution in [3.63, 3.8) is 0 Å². The number of hydrogen-bond donors (Lipinski definition) is 2. The molecule has 1 heterocycles. The molecule has 2 amide bonds. The normalized spacial score (nSPS) is 11.1. The van der Waals surface area contributed by atoms with E-state index in [1.165, 1.54) is 6.26 Å². The van der Waals surface area contributed by atoms with Gasteiger partial charge in [-0.05, 0) is 32.4 Å². The third kappa shape index (κ3) is 3.76. The number of nitrogens with two attached hydrogens (primary N) is 1. The van der Waals surface area contributed by atoms with E-state index in [1.54, 1.807) is 12.1 Å². The lowest BCUT2D eigenvalue weighted by Gasteiger charge is -2.25. The van der Waals surface area contributed by atoms with Gasteiger partial charge in [-0.25, -0.2) is 0 Å². The van der Waals surface area contributed by atoms with Crippen LogP contribution in [0.15, 0.2) is 22.8 Å². The topological polar surface area (TPSA) is 85.3 Å². The Balaban J connectivity index is 2.52. The van der Waals surface area contributed by atoms with Crippen LogP contribution in [0.25, 0.3) is 0 Å². The van der Waals surface area contributed by atoms with Crippen molar-refractivity contribution in [1.29, 1.82) is 0 Å². The lowest BCUT2D eigenvalue weighted by molar-refractivity contribution is -0.118. The number of primary amides is 1. The Bertz CT molecular complexity index is 369. The van der Waals surface area contributed by atoms with Gasteiger partial charge in [0.15, 0.2) is 5.76 Å². The van der Waals surface area contributed by atoms with Crippen LogP contribution < -0.4 is 11.1 Å². The third-order valence-corrected chi connectivity index (χ3v) is 2.19. The lowest BCUT2D eigenvalue weighted by atomic mass is 9.98. The molecule has 3 N–H and O–H groups in total. The molecular formula is C11H16N2O3. The van der Waals surface area contributed by atoms with Crippen LogP contribution in [0, 0.1) is 0 Å². The molecule has 0 saturated heterocycles. The number of nitrogens with one attached hydrogen (secondary N) is 1. The Morgan fingerprint density at radius 1 is 1.50 bits per heavy atom. The highest BCUT2D eigenvalue weighted by atomic mass is 16.3. The second-order valence-electron chi connectivity index (χ2n) is 4.28. The molecule has 0 spiro atoms. The Labute approximate surface area is 94.0 Å². The molecule has 0 fully saturated rings. The maximum absolute atomic E-state index is 11.6. The molecule has 5 heteroatoms. The summed E-state index contributed by atoms with van der Waals surface area (Å²) < 4.78 is 4.96. The van der Waals surface area contributed by atoms with Gasteiger partial charge in [-0.1, -0.05) is 0 Å². The van der Waals surface area contributed by atoms with E-state index in [2.05, 4.69) is 5.32 Å². The van der Waals surface area contributed by atoms with Crippen molar-refractivity contribution in [2.75, 3.05) is 0 Å². The fourth-order valence-corrected chi connectivity index (χ4v) is 1.27. The first-order valence-electron chi connectivity index (χ1n) is 5.05. The van der Waals surface area contributed by atoms with Crippen LogP contribution in [-0.2, 0) is 4.79 Å². The van der Waals surface area contributed by atoms with Gasteiger partial charge < -0.3 is 15.5 Å². The van der Waals surface area contributed by atoms with Crippen LogP contribution in [0.2, 0.25) is 0 Å². The largest absolute Gasteiger partial charge is 0.459 e. The summed E-state index contributed by atoms with van der Waals surface area (Å²) in [5.74, 6) is -0.410. The van der Waals surface area contributed by atoms with Gasteiger partial charge in [-0.3, -0.25) is 9.59 Å². The van der Waals surface area contributed by atoms with Crippen molar-refractivity contribution in [3.05, 3.63) is 24.2 Å². The van der Waals surface area contributed by atoms with Crippen molar-refractivity contribution < 1.29 is 14.0 Å². The summed E-state index contributed by atoms with van der Waals surface area (Å²) in [6.07, 6.45) is 2.17. The molecular weight excluding hydrogens is 208 g/mol. The number of furan rings is 1. The van der Waals surface area contributed by atoms with E-state index in [0.29, 0.717) is 6.42 Å². The molecule has 0 unspecified atom stereocenters. The fourth-order valence-electron chi connectivity index (χ4n) is 1.27. The SMILES string of the molecule is CC(C)(CCC(N)=O)NC(=O)c1ccco1. The molecule has 0 aliphatic heterocycles. The number of rotatable bonds is 5. The van der Waals surface area contributed by atoms with Crippen molar-refractivity contribution in [1.82, 2.24) is 5.32 Å². The van der Waals surface area contributed by atoms with Gasteiger partial charge in [-0.2, -0.15) is 0 Å². The maximum Gasteiger partial charge on any atom is 0.287 e. The highest BCUT2D eigenvalue weighted by Gasteiger charge is 2.22. The van der Waals surface area contributed by atoms with E-state index in [0.717, 1.165) is 0 Å². The number of amides is 2. The molecule has 0 saturated carbocycles. The minimum atomic E-state index is -0.487. The molecule has 0 aromatic carbocycles. The zero-order valence-electron chi connectivity index (χ0n) is 9.45. The summed E-state index contributed by atoms with van der Waals surface area (Å²) in [6.45, 7) is 3.66. The standard InChI is InChI=1S/C11H16N2O3/c1-11(2,6-5-9(12)14)13-10(15)8-4-3-7-16-8/h3-4,7H,5-6H2,1-2H3,(H2,12,14)(H,13,15). The summed E-state index contributed by atoms with van der Waals surface area (Å²) in [5, 5.41) is 2.77. The summed E-state index contributed by atoms with van der Waals surface area (Å²) in [7, 11) is 0. The number of hydrogen-bond acceptors (Lipinski definition) is 3. The molecule has 0 bridgehead atoms. The monoisotopic (exact) mass is 224 g/mol. The quantitative estimate of drug-likeness (QED) is 0.784. The van der Waals surface area contributed by atoms with Gasteiger partial charge in [0.1, 0.15) is 0 Å². The van der Waals surface area contributed by atoms with Gasteiger partial charge in [0.05, 0.1) is 6.26 Å². The molecule has 16 heavy (non-hydrogen) atoms. The lowest BCUT2D eigenvalue weighted by Crippen LogP contribution is -2.43. The average molecular weight is 224 g/mol. The highest BCUT2D eigenvalue weighted by Crippen LogP contribution is 2.12. The summed E-state index contributed by atoms with van der Waals surface area (Å²) in [5.41, 5.74) is 4.57. The van der Waals surface area contributed by atoms with E-state index in [9.17, 15) is 9.59 Å². The summed E-state index contributed by atoms with van der Waals surface area (Å²) in [4.78, 5) is 22.3. The Hall–Kier alpha value is -1.78. The molecule has 5 nitrogen and oxygen atoms in total. The van der Waals surface area contributed by atoms with E-state index < -0.39 is 5.54 Å². The second-order valence-corrected chi connectivity index (χ2v) is 4.28. The van der Waals surface area contributed by atoms with E-state index >= 15 is 0 Å². The van der Waals surface area contributed by atoms with Gasteiger partial charge in [0.2, 0.25) is 5.91 Å². The van der Waals surface area contributed by atoms with Crippen molar-refractivity contribution >= 4 is 11.8 Å². The molecule has 0 radical (unpaired) electrons. The molecule has 1 aromatic heterocycles. The van der Waals surface area contributed by atoms with Crippen LogP contribution in [0.4, 0.5) is 0 Å². The van der Waals surface area contributed by atoms with Gasteiger partial charge in [0.25, 0.3) is 5.91 Å². The van der Waals surface area contributed by atoms with Crippen LogP contribution in [0.5, 0.6) is 0 Å². The van der Waals surface area contributed by atoms with Crippen molar-refractivity contribution in [2.45, 2.75) is 32.2 Å². The second kappa shape index (κ2) is 4.83. The van der Waals surface area contributed by atoms with Gasteiger partial charge >= 0.3 is 0 Å². The minimum Gasteiger partial charge on any atom is -0.459 e. The van der Waals surface area contributed by atoms with Crippen molar-refractivity contribution in [2.24, 2.45) is 5.73 Å². The molecule has 1 rings (SSSR count). The van der Waals surface area contributed by atoms with Crippen LogP contribution in [-0.4, -0.2) is 17.4 Å². The van der Waals surface area contributed by atoms with E-state index in [1.807, 2.05) is 13.8 Å².